The van der Waals surface area contributed by atoms with Gasteiger partial charge in [-0.05, 0) is 32.9 Å². The van der Waals surface area contributed by atoms with Gasteiger partial charge in [-0.15, -0.1) is 0 Å². The van der Waals surface area contributed by atoms with Crippen LogP contribution in [0, 0.1) is 0 Å². The van der Waals surface area contributed by atoms with E-state index in [1.165, 1.54) is 0 Å². The molecule has 2 aliphatic rings. The maximum absolute atomic E-state index is 12.1. The van der Waals surface area contributed by atoms with Crippen LogP contribution in [0.3, 0.4) is 0 Å². The summed E-state index contributed by atoms with van der Waals surface area (Å²) in [6, 6.07) is 0. The van der Waals surface area contributed by atoms with Gasteiger partial charge in [-0.3, -0.25) is 14.5 Å². The van der Waals surface area contributed by atoms with E-state index < -0.39 is 11.5 Å². The Hall–Kier alpha value is -1.14. The summed E-state index contributed by atoms with van der Waals surface area (Å²) in [6.07, 6.45) is 2.32. The van der Waals surface area contributed by atoms with E-state index in [-0.39, 0.29) is 12.5 Å². The molecule has 0 bridgehead atoms. The number of carbonyl (C=O) groups is 2. The molecule has 2 rings (SSSR count). The molecule has 0 radical (unpaired) electrons. The van der Waals surface area contributed by atoms with Gasteiger partial charge in [0.05, 0.1) is 19.7 Å². The zero-order chi connectivity index (χ0) is 13.2. The second-order valence-electron chi connectivity index (χ2n) is 5.24. The number of morpholine rings is 1. The van der Waals surface area contributed by atoms with Crippen molar-refractivity contribution in [2.45, 2.75) is 25.4 Å². The van der Waals surface area contributed by atoms with Crippen molar-refractivity contribution in [2.24, 2.45) is 5.73 Å². The zero-order valence-electron chi connectivity index (χ0n) is 10.9. The fourth-order valence-corrected chi connectivity index (χ4v) is 2.46. The normalized spacial score (nSPS) is 29.5. The Kier molecular flexibility index (Phi) is 3.87. The molecule has 2 saturated heterocycles. The lowest BCUT2D eigenvalue weighted by atomic mass is 10.0. The maximum Gasteiger partial charge on any atom is 0.251 e. The van der Waals surface area contributed by atoms with E-state index in [4.69, 9.17) is 10.5 Å². The molecule has 0 aromatic carbocycles. The molecular weight excluding hydrogens is 234 g/mol. The average molecular weight is 255 g/mol. The second-order valence-corrected chi connectivity index (χ2v) is 5.24. The van der Waals surface area contributed by atoms with Crippen molar-refractivity contribution in [3.63, 3.8) is 0 Å². The SMILES string of the molecule is C[C@]1(C(N)=O)CN(C(=O)CN2CCCC2)CCO1. The molecule has 2 N–H and O–H groups in total. The first-order chi connectivity index (χ1) is 8.51. The minimum atomic E-state index is -1.04. The minimum absolute atomic E-state index is 0.0627. The Morgan fingerprint density at radius 1 is 1.28 bits per heavy atom. The Balaban J connectivity index is 1.91. The molecule has 6 heteroatoms. The first-order valence-corrected chi connectivity index (χ1v) is 6.45. The number of nitrogens with two attached hydrogens (primary N) is 1. The van der Waals surface area contributed by atoms with E-state index in [0.29, 0.717) is 19.7 Å². The number of likely N-dealkylation sites (tertiary alicyclic amines) is 1. The summed E-state index contributed by atoms with van der Waals surface area (Å²) in [5.74, 6) is -0.450. The largest absolute Gasteiger partial charge is 0.367 e. The fourth-order valence-electron chi connectivity index (χ4n) is 2.46. The molecule has 0 aliphatic carbocycles. The van der Waals surface area contributed by atoms with Gasteiger partial charge in [-0.2, -0.15) is 0 Å². The second kappa shape index (κ2) is 5.24. The van der Waals surface area contributed by atoms with Crippen molar-refractivity contribution >= 4 is 11.8 Å². The third kappa shape index (κ3) is 2.81. The van der Waals surface area contributed by atoms with Crippen LogP contribution in [0.5, 0.6) is 0 Å². The standard InChI is InChI=1S/C12H21N3O3/c1-12(11(13)17)9-15(6-7-18-12)10(16)8-14-4-2-3-5-14/h2-9H2,1H3,(H2,13,17)/t12-/m1/s1. The third-order valence-corrected chi connectivity index (χ3v) is 3.71. The van der Waals surface area contributed by atoms with Crippen LogP contribution < -0.4 is 5.73 Å². The number of nitrogens with zero attached hydrogens (tertiary/aromatic N) is 2. The van der Waals surface area contributed by atoms with E-state index in [2.05, 4.69) is 4.90 Å². The van der Waals surface area contributed by atoms with E-state index in [9.17, 15) is 9.59 Å². The van der Waals surface area contributed by atoms with Gasteiger partial charge in [0.25, 0.3) is 5.91 Å². The van der Waals surface area contributed by atoms with Crippen LogP contribution in [-0.2, 0) is 14.3 Å². The molecule has 0 aromatic rings. The molecule has 1 atom stereocenters. The van der Waals surface area contributed by atoms with Gasteiger partial charge in [0.1, 0.15) is 0 Å². The molecule has 2 heterocycles. The molecule has 6 nitrogen and oxygen atoms in total. The topological polar surface area (TPSA) is 75.9 Å². The van der Waals surface area contributed by atoms with Crippen LogP contribution in [0.4, 0.5) is 0 Å². The van der Waals surface area contributed by atoms with E-state index in [1.807, 2.05) is 0 Å². The van der Waals surface area contributed by atoms with Crippen molar-refractivity contribution in [2.75, 3.05) is 39.3 Å². The number of ether oxygens (including phenoxy) is 1. The van der Waals surface area contributed by atoms with Gasteiger partial charge in [0, 0.05) is 6.54 Å². The summed E-state index contributed by atoms with van der Waals surface area (Å²) in [4.78, 5) is 27.3. The van der Waals surface area contributed by atoms with Gasteiger partial charge >= 0.3 is 0 Å². The summed E-state index contributed by atoms with van der Waals surface area (Å²) in [5.41, 5.74) is 4.27. The summed E-state index contributed by atoms with van der Waals surface area (Å²) < 4.78 is 5.40. The molecule has 0 aromatic heterocycles. The Morgan fingerprint density at radius 2 is 1.94 bits per heavy atom. The molecule has 0 spiro atoms. The first-order valence-electron chi connectivity index (χ1n) is 6.45. The summed E-state index contributed by atoms with van der Waals surface area (Å²) in [5, 5.41) is 0. The lowest BCUT2D eigenvalue weighted by Gasteiger charge is -2.38. The number of primary amides is 1. The average Bonchev–Trinajstić information content (AvgIpc) is 2.81. The van der Waals surface area contributed by atoms with Crippen LogP contribution >= 0.6 is 0 Å². The zero-order valence-corrected chi connectivity index (χ0v) is 10.9. The van der Waals surface area contributed by atoms with E-state index in [0.717, 1.165) is 25.9 Å². The highest BCUT2D eigenvalue weighted by Gasteiger charge is 2.39. The van der Waals surface area contributed by atoms with Crippen LogP contribution in [0.15, 0.2) is 0 Å². The highest BCUT2D eigenvalue weighted by atomic mass is 16.5. The Bertz CT molecular complexity index is 341. The van der Waals surface area contributed by atoms with Gasteiger partial charge in [0.15, 0.2) is 5.60 Å². The molecule has 0 unspecified atom stereocenters. The predicted octanol–water partition coefficient (Wildman–Crippen LogP) is -0.815. The van der Waals surface area contributed by atoms with Crippen molar-refractivity contribution in [1.82, 2.24) is 9.80 Å². The van der Waals surface area contributed by atoms with Crippen molar-refractivity contribution < 1.29 is 14.3 Å². The molecule has 2 amide bonds. The number of hydrogen-bond donors (Lipinski definition) is 1. The van der Waals surface area contributed by atoms with Gasteiger partial charge in [0.2, 0.25) is 5.91 Å². The monoisotopic (exact) mass is 255 g/mol. The van der Waals surface area contributed by atoms with E-state index >= 15 is 0 Å². The lowest BCUT2D eigenvalue weighted by molar-refractivity contribution is -0.160. The van der Waals surface area contributed by atoms with Crippen LogP contribution in [-0.4, -0.2) is 66.5 Å². The van der Waals surface area contributed by atoms with Crippen molar-refractivity contribution in [1.29, 1.82) is 0 Å². The van der Waals surface area contributed by atoms with Gasteiger partial charge in [-0.25, -0.2) is 0 Å². The van der Waals surface area contributed by atoms with Crippen LogP contribution in [0.1, 0.15) is 19.8 Å². The van der Waals surface area contributed by atoms with E-state index in [1.54, 1.807) is 11.8 Å². The quantitative estimate of drug-likeness (QED) is 0.715. The number of rotatable bonds is 3. The number of amides is 2. The lowest BCUT2D eigenvalue weighted by Crippen LogP contribution is -2.59. The Labute approximate surface area is 107 Å². The minimum Gasteiger partial charge on any atom is -0.367 e. The van der Waals surface area contributed by atoms with Crippen LogP contribution in [0.25, 0.3) is 0 Å². The molecule has 102 valence electrons. The smallest absolute Gasteiger partial charge is 0.251 e. The molecule has 2 fully saturated rings. The molecular formula is C12H21N3O3. The molecule has 2 aliphatic heterocycles. The number of hydrogen-bond acceptors (Lipinski definition) is 4. The highest BCUT2D eigenvalue weighted by molar-refractivity contribution is 5.85. The predicted molar refractivity (Wildman–Crippen MR) is 65.8 cm³/mol. The summed E-state index contributed by atoms with van der Waals surface area (Å²) in [7, 11) is 0. The number of carbonyl (C=O) groups excluding carboxylic acids is 2. The third-order valence-electron chi connectivity index (χ3n) is 3.71. The van der Waals surface area contributed by atoms with Crippen molar-refractivity contribution in [3.8, 4) is 0 Å². The van der Waals surface area contributed by atoms with Crippen molar-refractivity contribution in [3.05, 3.63) is 0 Å². The molecule has 0 saturated carbocycles. The summed E-state index contributed by atoms with van der Waals surface area (Å²) >= 11 is 0. The van der Waals surface area contributed by atoms with Gasteiger partial charge in [-0.1, -0.05) is 0 Å². The van der Waals surface area contributed by atoms with Crippen LogP contribution in [0.2, 0.25) is 0 Å². The fraction of sp³-hybridized carbons (Fsp3) is 0.833. The van der Waals surface area contributed by atoms with Gasteiger partial charge < -0.3 is 15.4 Å². The highest BCUT2D eigenvalue weighted by Crippen LogP contribution is 2.18. The molecule has 18 heavy (non-hydrogen) atoms. The summed E-state index contributed by atoms with van der Waals surface area (Å²) in [6.45, 7) is 5.22. The Morgan fingerprint density at radius 3 is 2.56 bits per heavy atom. The first kappa shape index (κ1) is 13.3. The maximum atomic E-state index is 12.1.